The molecule has 0 fully saturated rings. The molecule has 4 N–H and O–H groups in total. The van der Waals surface area contributed by atoms with Crippen LogP contribution in [0, 0.1) is 0 Å². The van der Waals surface area contributed by atoms with Gasteiger partial charge in [-0.05, 0) is 42.5 Å². The van der Waals surface area contributed by atoms with Crippen LogP contribution >= 0.6 is 11.8 Å². The second-order valence-corrected chi connectivity index (χ2v) is 5.04. The summed E-state index contributed by atoms with van der Waals surface area (Å²) < 4.78 is 5.10. The number of benzene rings is 2. The number of hydrogen-bond acceptors (Lipinski definition) is 4. The molecule has 0 aromatic heterocycles. The van der Waals surface area contributed by atoms with Crippen molar-refractivity contribution in [3.05, 3.63) is 48.0 Å². The molecule has 0 aliphatic heterocycles. The number of ether oxygens (including phenoxy) is 1. The molecule has 0 unspecified atom stereocenters. The monoisotopic (exact) mass is 274 g/mol. The molecule has 98 valence electrons. The quantitative estimate of drug-likeness (QED) is 0.840. The van der Waals surface area contributed by atoms with E-state index in [1.165, 1.54) is 11.8 Å². The van der Waals surface area contributed by atoms with E-state index in [-0.39, 0.29) is 0 Å². The van der Waals surface area contributed by atoms with Gasteiger partial charge in [0.15, 0.2) is 0 Å². The molecule has 2 rings (SSSR count). The topological polar surface area (TPSA) is 78.3 Å². The predicted molar refractivity (Wildman–Crippen MR) is 76.5 cm³/mol. The van der Waals surface area contributed by atoms with Crippen LogP contribution in [0.2, 0.25) is 0 Å². The summed E-state index contributed by atoms with van der Waals surface area (Å²) in [6.45, 7) is 0. The highest BCUT2D eigenvalue weighted by molar-refractivity contribution is 7.99. The zero-order valence-corrected chi connectivity index (χ0v) is 11.2. The zero-order valence-electron chi connectivity index (χ0n) is 10.4. The summed E-state index contributed by atoms with van der Waals surface area (Å²) in [5, 5.41) is 0. The Kier molecular flexibility index (Phi) is 3.97. The van der Waals surface area contributed by atoms with Crippen LogP contribution in [0.15, 0.2) is 52.3 Å². The average Bonchev–Trinajstić information content (AvgIpc) is 2.41. The molecule has 0 bridgehead atoms. The lowest BCUT2D eigenvalue weighted by molar-refractivity contribution is 0.100. The first-order valence-electron chi connectivity index (χ1n) is 5.61. The highest BCUT2D eigenvalue weighted by Gasteiger charge is 2.07. The number of rotatable bonds is 4. The van der Waals surface area contributed by atoms with Gasteiger partial charge in [0, 0.05) is 15.5 Å². The van der Waals surface area contributed by atoms with Crippen LogP contribution in [0.5, 0.6) is 5.75 Å². The molecule has 2 aromatic carbocycles. The van der Waals surface area contributed by atoms with Gasteiger partial charge in [0.05, 0.1) is 12.7 Å². The largest absolute Gasteiger partial charge is 0.497 e. The Morgan fingerprint density at radius 1 is 1.11 bits per heavy atom. The smallest absolute Gasteiger partial charge is 0.250 e. The van der Waals surface area contributed by atoms with E-state index < -0.39 is 5.91 Å². The molecule has 0 saturated carbocycles. The number of carbonyl (C=O) groups is 1. The van der Waals surface area contributed by atoms with E-state index in [1.807, 2.05) is 30.3 Å². The van der Waals surface area contributed by atoms with Gasteiger partial charge < -0.3 is 16.2 Å². The van der Waals surface area contributed by atoms with Crippen molar-refractivity contribution in [3.8, 4) is 5.75 Å². The molecule has 4 nitrogen and oxygen atoms in total. The first-order valence-corrected chi connectivity index (χ1v) is 6.43. The fourth-order valence-corrected chi connectivity index (χ4v) is 2.45. The summed E-state index contributed by atoms with van der Waals surface area (Å²) >= 11 is 1.53. The molecule has 1 amide bonds. The van der Waals surface area contributed by atoms with Crippen molar-refractivity contribution >= 4 is 23.4 Å². The van der Waals surface area contributed by atoms with Crippen molar-refractivity contribution in [1.82, 2.24) is 0 Å². The number of hydrogen-bond donors (Lipinski definition) is 2. The highest BCUT2D eigenvalue weighted by atomic mass is 32.2. The van der Waals surface area contributed by atoms with Crippen LogP contribution in [0.1, 0.15) is 10.4 Å². The summed E-state index contributed by atoms with van der Waals surface area (Å²) in [5.74, 6) is 0.286. The fraction of sp³-hybridized carbons (Fsp3) is 0.0714. The lowest BCUT2D eigenvalue weighted by Crippen LogP contribution is -2.13. The number of methoxy groups -OCH3 is 1. The van der Waals surface area contributed by atoms with E-state index in [2.05, 4.69) is 0 Å². The molecule has 0 atom stereocenters. The van der Waals surface area contributed by atoms with Crippen molar-refractivity contribution in [2.24, 2.45) is 5.73 Å². The molecule has 0 saturated heterocycles. The Hall–Kier alpha value is -2.14. The summed E-state index contributed by atoms with van der Waals surface area (Å²) in [6.07, 6.45) is 0. The Labute approximate surface area is 115 Å². The van der Waals surface area contributed by atoms with Crippen molar-refractivity contribution in [2.45, 2.75) is 9.79 Å². The molecule has 0 heterocycles. The van der Waals surface area contributed by atoms with Crippen molar-refractivity contribution in [3.63, 3.8) is 0 Å². The third-order valence-corrected chi connectivity index (χ3v) is 3.58. The Morgan fingerprint density at radius 2 is 1.74 bits per heavy atom. The minimum atomic E-state index is -0.519. The predicted octanol–water partition coefficient (Wildman–Crippen LogP) is 2.53. The number of nitrogens with two attached hydrogens (primary N) is 2. The van der Waals surface area contributed by atoms with Crippen molar-refractivity contribution < 1.29 is 9.53 Å². The second-order valence-electron chi connectivity index (χ2n) is 3.89. The van der Waals surface area contributed by atoms with Crippen molar-refractivity contribution in [1.29, 1.82) is 0 Å². The first kappa shape index (κ1) is 13.3. The van der Waals surface area contributed by atoms with Crippen LogP contribution in [0.4, 0.5) is 5.69 Å². The van der Waals surface area contributed by atoms with Gasteiger partial charge in [-0.3, -0.25) is 4.79 Å². The number of nitrogen functional groups attached to an aromatic ring is 1. The van der Waals surface area contributed by atoms with E-state index in [9.17, 15) is 4.79 Å². The van der Waals surface area contributed by atoms with Crippen LogP contribution in [-0.2, 0) is 0 Å². The van der Waals surface area contributed by atoms with Gasteiger partial charge in [0.1, 0.15) is 5.75 Å². The van der Waals surface area contributed by atoms with Crippen LogP contribution in [0.25, 0.3) is 0 Å². The van der Waals surface area contributed by atoms with E-state index in [0.29, 0.717) is 11.3 Å². The Balaban J connectivity index is 2.22. The number of anilines is 1. The van der Waals surface area contributed by atoms with Crippen LogP contribution < -0.4 is 16.2 Å². The maximum atomic E-state index is 11.2. The molecule has 0 aliphatic carbocycles. The molecule has 19 heavy (non-hydrogen) atoms. The lowest BCUT2D eigenvalue weighted by Gasteiger charge is -2.06. The minimum Gasteiger partial charge on any atom is -0.497 e. The molecule has 0 spiro atoms. The maximum Gasteiger partial charge on any atom is 0.250 e. The molecule has 0 radical (unpaired) electrons. The second kappa shape index (κ2) is 5.67. The normalized spacial score (nSPS) is 10.2. The number of carbonyl (C=O) groups excluding carboxylic acids is 1. The van der Waals surface area contributed by atoms with Gasteiger partial charge in [0.2, 0.25) is 0 Å². The highest BCUT2D eigenvalue weighted by Crippen LogP contribution is 2.30. The van der Waals surface area contributed by atoms with E-state index in [1.54, 1.807) is 19.2 Å². The van der Waals surface area contributed by atoms with Gasteiger partial charge in [-0.15, -0.1) is 0 Å². The molecule has 0 aliphatic rings. The fourth-order valence-electron chi connectivity index (χ4n) is 1.59. The van der Waals surface area contributed by atoms with Gasteiger partial charge >= 0.3 is 0 Å². The third kappa shape index (κ3) is 3.20. The average molecular weight is 274 g/mol. The standard InChI is InChI=1S/C14H14N2O2S/c1-18-9-2-4-10(5-3-9)19-11-6-7-13(15)12(8-11)14(16)17/h2-8H,15H2,1H3,(H2,16,17). The first-order chi connectivity index (χ1) is 9.10. The summed E-state index contributed by atoms with van der Waals surface area (Å²) in [6, 6.07) is 12.9. The maximum absolute atomic E-state index is 11.2. The van der Waals surface area contributed by atoms with Gasteiger partial charge in [-0.2, -0.15) is 0 Å². The number of primary amides is 1. The third-order valence-electron chi connectivity index (χ3n) is 2.59. The zero-order chi connectivity index (χ0) is 13.8. The van der Waals surface area contributed by atoms with Gasteiger partial charge in [0.25, 0.3) is 5.91 Å². The minimum absolute atomic E-state index is 0.346. The van der Waals surface area contributed by atoms with Gasteiger partial charge in [-0.25, -0.2) is 0 Å². The lowest BCUT2D eigenvalue weighted by atomic mass is 10.2. The molecule has 2 aromatic rings. The molecular weight excluding hydrogens is 260 g/mol. The van der Waals surface area contributed by atoms with E-state index >= 15 is 0 Å². The van der Waals surface area contributed by atoms with E-state index in [0.717, 1.165) is 15.5 Å². The SMILES string of the molecule is COc1ccc(Sc2ccc(N)c(C(N)=O)c2)cc1. The number of amides is 1. The summed E-state index contributed by atoms with van der Waals surface area (Å²) in [5.41, 5.74) is 11.7. The summed E-state index contributed by atoms with van der Waals surface area (Å²) in [7, 11) is 1.63. The van der Waals surface area contributed by atoms with Gasteiger partial charge in [-0.1, -0.05) is 11.8 Å². The Morgan fingerprint density at radius 3 is 2.32 bits per heavy atom. The molecule has 5 heteroatoms. The van der Waals surface area contributed by atoms with E-state index in [4.69, 9.17) is 16.2 Å². The van der Waals surface area contributed by atoms with Crippen LogP contribution in [-0.4, -0.2) is 13.0 Å². The molecular formula is C14H14N2O2S. The van der Waals surface area contributed by atoms with Crippen molar-refractivity contribution in [2.75, 3.05) is 12.8 Å². The summed E-state index contributed by atoms with van der Waals surface area (Å²) in [4.78, 5) is 13.2. The Bertz CT molecular complexity index is 597. The van der Waals surface area contributed by atoms with Crippen LogP contribution in [0.3, 0.4) is 0 Å².